The van der Waals surface area contributed by atoms with Gasteiger partial charge in [0, 0.05) is 18.1 Å². The van der Waals surface area contributed by atoms with Crippen LogP contribution in [0.1, 0.15) is 11.3 Å². The van der Waals surface area contributed by atoms with Crippen LogP contribution in [0.4, 0.5) is 11.5 Å². The number of aromatic nitrogens is 2. The van der Waals surface area contributed by atoms with E-state index in [0.29, 0.717) is 11.5 Å². The Balaban J connectivity index is 2.30. The average molecular weight is 244 g/mol. The molecule has 0 bridgehead atoms. The molecule has 2 rings (SSSR count). The zero-order valence-electron chi connectivity index (χ0n) is 9.34. The third kappa shape index (κ3) is 2.76. The van der Waals surface area contributed by atoms with Gasteiger partial charge < -0.3 is 11.1 Å². The maximum Gasteiger partial charge on any atom is 0.159 e. The highest BCUT2D eigenvalue weighted by atomic mass is 32.1. The minimum atomic E-state index is 0.229. The minimum absolute atomic E-state index is 0.229. The SMILES string of the molecule is Cc1ccc(Nc2nccnc2C(N)=S)cc1. The summed E-state index contributed by atoms with van der Waals surface area (Å²) in [5, 5.41) is 3.14. The Hall–Kier alpha value is -2.01. The monoisotopic (exact) mass is 244 g/mol. The highest BCUT2D eigenvalue weighted by Crippen LogP contribution is 2.17. The number of nitrogens with zero attached hydrogens (tertiary/aromatic N) is 2. The highest BCUT2D eigenvalue weighted by Gasteiger charge is 2.07. The Bertz CT molecular complexity index is 536. The van der Waals surface area contributed by atoms with Crippen LogP contribution in [-0.2, 0) is 0 Å². The average Bonchev–Trinajstić information content (AvgIpc) is 2.32. The Morgan fingerprint density at radius 2 is 1.82 bits per heavy atom. The van der Waals surface area contributed by atoms with E-state index in [2.05, 4.69) is 15.3 Å². The van der Waals surface area contributed by atoms with E-state index >= 15 is 0 Å². The summed E-state index contributed by atoms with van der Waals surface area (Å²) in [6, 6.07) is 7.96. The maximum absolute atomic E-state index is 5.58. The first-order chi connectivity index (χ1) is 8.16. The van der Waals surface area contributed by atoms with Crippen LogP contribution in [0.15, 0.2) is 36.7 Å². The van der Waals surface area contributed by atoms with Gasteiger partial charge in [0.05, 0.1) is 0 Å². The molecule has 0 spiro atoms. The largest absolute Gasteiger partial charge is 0.388 e. The molecular formula is C12H12N4S. The van der Waals surface area contributed by atoms with E-state index in [1.807, 2.05) is 31.2 Å². The van der Waals surface area contributed by atoms with Gasteiger partial charge in [-0.05, 0) is 19.1 Å². The van der Waals surface area contributed by atoms with Crippen LogP contribution in [0.3, 0.4) is 0 Å². The van der Waals surface area contributed by atoms with Crippen molar-refractivity contribution >= 4 is 28.7 Å². The van der Waals surface area contributed by atoms with Crippen molar-refractivity contribution in [2.75, 3.05) is 5.32 Å². The summed E-state index contributed by atoms with van der Waals surface area (Å²) >= 11 is 4.92. The van der Waals surface area contributed by atoms with Crippen molar-refractivity contribution in [2.24, 2.45) is 5.73 Å². The van der Waals surface area contributed by atoms with Gasteiger partial charge in [-0.3, -0.25) is 0 Å². The lowest BCUT2D eigenvalue weighted by atomic mass is 10.2. The van der Waals surface area contributed by atoms with E-state index in [0.717, 1.165) is 5.69 Å². The van der Waals surface area contributed by atoms with E-state index in [9.17, 15) is 0 Å². The maximum atomic E-state index is 5.58. The van der Waals surface area contributed by atoms with E-state index in [4.69, 9.17) is 18.0 Å². The lowest BCUT2D eigenvalue weighted by molar-refractivity contribution is 1.18. The van der Waals surface area contributed by atoms with Gasteiger partial charge in [-0.1, -0.05) is 29.9 Å². The number of benzene rings is 1. The van der Waals surface area contributed by atoms with Crippen molar-refractivity contribution in [3.8, 4) is 0 Å². The van der Waals surface area contributed by atoms with Gasteiger partial charge in [0.2, 0.25) is 0 Å². The van der Waals surface area contributed by atoms with Gasteiger partial charge in [-0.15, -0.1) is 0 Å². The molecule has 5 heteroatoms. The minimum Gasteiger partial charge on any atom is -0.388 e. The molecule has 0 aliphatic heterocycles. The van der Waals surface area contributed by atoms with Crippen molar-refractivity contribution in [3.63, 3.8) is 0 Å². The molecule has 0 fully saturated rings. The molecule has 0 aliphatic rings. The molecule has 4 nitrogen and oxygen atoms in total. The van der Waals surface area contributed by atoms with Gasteiger partial charge in [0.15, 0.2) is 5.82 Å². The molecule has 1 aromatic heterocycles. The van der Waals surface area contributed by atoms with Crippen LogP contribution in [0.2, 0.25) is 0 Å². The summed E-state index contributed by atoms with van der Waals surface area (Å²) < 4.78 is 0. The van der Waals surface area contributed by atoms with Crippen LogP contribution >= 0.6 is 12.2 Å². The predicted octanol–water partition coefficient (Wildman–Crippen LogP) is 2.16. The lowest BCUT2D eigenvalue weighted by Crippen LogP contribution is -2.14. The normalized spacial score (nSPS) is 9.94. The smallest absolute Gasteiger partial charge is 0.159 e. The Kier molecular flexibility index (Phi) is 3.30. The van der Waals surface area contributed by atoms with E-state index < -0.39 is 0 Å². The van der Waals surface area contributed by atoms with E-state index in [1.165, 1.54) is 5.56 Å². The third-order valence-electron chi connectivity index (χ3n) is 2.25. The first kappa shape index (κ1) is 11.5. The second kappa shape index (κ2) is 4.88. The van der Waals surface area contributed by atoms with E-state index in [1.54, 1.807) is 12.4 Å². The van der Waals surface area contributed by atoms with Gasteiger partial charge in [0.1, 0.15) is 10.7 Å². The summed E-state index contributed by atoms with van der Waals surface area (Å²) in [6.45, 7) is 2.03. The molecule has 0 amide bonds. The van der Waals surface area contributed by atoms with Crippen LogP contribution < -0.4 is 11.1 Å². The summed E-state index contributed by atoms with van der Waals surface area (Å²) in [6.07, 6.45) is 3.16. The van der Waals surface area contributed by atoms with Crippen molar-refractivity contribution in [2.45, 2.75) is 6.92 Å². The molecule has 2 aromatic rings. The Morgan fingerprint density at radius 3 is 2.47 bits per heavy atom. The lowest BCUT2D eigenvalue weighted by Gasteiger charge is -2.08. The van der Waals surface area contributed by atoms with Crippen molar-refractivity contribution < 1.29 is 0 Å². The quantitative estimate of drug-likeness (QED) is 0.810. The number of nitrogens with two attached hydrogens (primary N) is 1. The molecule has 17 heavy (non-hydrogen) atoms. The van der Waals surface area contributed by atoms with Crippen LogP contribution in [-0.4, -0.2) is 15.0 Å². The zero-order valence-corrected chi connectivity index (χ0v) is 10.2. The number of nitrogens with one attached hydrogen (secondary N) is 1. The first-order valence-electron chi connectivity index (χ1n) is 5.11. The zero-order chi connectivity index (χ0) is 12.3. The highest BCUT2D eigenvalue weighted by molar-refractivity contribution is 7.80. The summed E-state index contributed by atoms with van der Waals surface area (Å²) in [7, 11) is 0. The fraction of sp³-hybridized carbons (Fsp3) is 0.0833. The van der Waals surface area contributed by atoms with Crippen molar-refractivity contribution in [3.05, 3.63) is 47.9 Å². The molecule has 0 saturated carbocycles. The van der Waals surface area contributed by atoms with Crippen LogP contribution in [0.5, 0.6) is 0 Å². The van der Waals surface area contributed by atoms with E-state index in [-0.39, 0.29) is 4.99 Å². The second-order valence-corrected chi connectivity index (χ2v) is 4.05. The molecular weight excluding hydrogens is 232 g/mol. The third-order valence-corrected chi connectivity index (χ3v) is 2.44. The fourth-order valence-electron chi connectivity index (χ4n) is 1.38. The second-order valence-electron chi connectivity index (χ2n) is 3.61. The van der Waals surface area contributed by atoms with Gasteiger partial charge in [-0.25, -0.2) is 9.97 Å². The number of rotatable bonds is 3. The number of thiocarbonyl (C=S) groups is 1. The van der Waals surface area contributed by atoms with Crippen LogP contribution in [0.25, 0.3) is 0 Å². The molecule has 86 valence electrons. The molecule has 3 N–H and O–H groups in total. The molecule has 0 atom stereocenters. The van der Waals surface area contributed by atoms with Gasteiger partial charge in [0.25, 0.3) is 0 Å². The van der Waals surface area contributed by atoms with Gasteiger partial charge >= 0.3 is 0 Å². The summed E-state index contributed by atoms with van der Waals surface area (Å²) in [4.78, 5) is 8.51. The Morgan fingerprint density at radius 1 is 1.18 bits per heavy atom. The molecule has 0 radical (unpaired) electrons. The number of anilines is 2. The number of hydrogen-bond acceptors (Lipinski definition) is 4. The standard InChI is InChI=1S/C12H12N4S/c1-8-2-4-9(5-3-8)16-12-10(11(13)17)14-6-7-15-12/h2-7H,1H3,(H2,13,17)(H,15,16). The fourth-order valence-corrected chi connectivity index (χ4v) is 1.53. The first-order valence-corrected chi connectivity index (χ1v) is 5.52. The molecule has 1 heterocycles. The Labute approximate surface area is 105 Å². The van der Waals surface area contributed by atoms with Gasteiger partial charge in [-0.2, -0.15) is 0 Å². The van der Waals surface area contributed by atoms with Crippen molar-refractivity contribution in [1.29, 1.82) is 0 Å². The molecule has 0 unspecified atom stereocenters. The van der Waals surface area contributed by atoms with Crippen LogP contribution in [0, 0.1) is 6.92 Å². The molecule has 0 aliphatic carbocycles. The van der Waals surface area contributed by atoms with Crippen molar-refractivity contribution in [1.82, 2.24) is 9.97 Å². The number of aryl methyl sites for hydroxylation is 1. The molecule has 1 aromatic carbocycles. The topological polar surface area (TPSA) is 63.8 Å². The number of hydrogen-bond donors (Lipinski definition) is 2. The summed E-state index contributed by atoms with van der Waals surface area (Å²) in [5.74, 6) is 0.573. The summed E-state index contributed by atoms with van der Waals surface area (Å²) in [5.41, 5.74) is 8.21. The molecule has 0 saturated heterocycles. The predicted molar refractivity (Wildman–Crippen MR) is 72.4 cm³/mol.